The molecule has 0 bridgehead atoms. The molecule has 8 heteroatoms. The average molecular weight is 645 g/mol. The number of nitrogens with zero attached hydrogens (tertiary/aromatic N) is 1. The van der Waals surface area contributed by atoms with Gasteiger partial charge in [-0.05, 0) is 41.5 Å². The summed E-state index contributed by atoms with van der Waals surface area (Å²) in [5.41, 5.74) is 4.07. The van der Waals surface area contributed by atoms with Crippen molar-refractivity contribution in [2.75, 3.05) is 6.61 Å². The zero-order valence-electron chi connectivity index (χ0n) is 28.1. The van der Waals surface area contributed by atoms with E-state index in [1.807, 2.05) is 45.9 Å². The molecule has 0 aliphatic rings. The predicted molar refractivity (Wildman–Crippen MR) is 182 cm³/mol. The highest BCUT2D eigenvalue weighted by atomic mass is 32.1. The maximum atomic E-state index is 13.4. The first-order chi connectivity index (χ1) is 20.8. The Balaban J connectivity index is 1.69. The largest absolute Gasteiger partial charge is 0.584 e. The summed E-state index contributed by atoms with van der Waals surface area (Å²) in [4.78, 5) is 10.9. The number of aromatic nitrogens is 1. The lowest BCUT2D eigenvalue weighted by Gasteiger charge is -2.29. The van der Waals surface area contributed by atoms with E-state index in [-0.39, 0.29) is 16.6 Å². The van der Waals surface area contributed by atoms with E-state index >= 15 is 0 Å². The number of benzene rings is 2. The zero-order chi connectivity index (χ0) is 32.2. The SMILES string of the molecule is CCCCCCCCCCCCOc1cc(C(C)(C)C)c(OP(=O)(O)Oc2cccc(C[n+]3ccsc3)c2)cc1C(C)(C)C. The Morgan fingerprint density at radius 2 is 1.39 bits per heavy atom. The Bertz CT molecular complexity index is 1330. The molecule has 1 unspecified atom stereocenters. The van der Waals surface area contributed by atoms with E-state index in [9.17, 15) is 9.46 Å². The van der Waals surface area contributed by atoms with E-state index in [1.165, 1.54) is 51.4 Å². The van der Waals surface area contributed by atoms with Crippen molar-refractivity contribution in [3.8, 4) is 17.2 Å². The molecular formula is C36H55NO5PS+. The molecule has 0 aliphatic heterocycles. The third-order valence-corrected chi connectivity index (χ3v) is 9.22. The lowest BCUT2D eigenvalue weighted by Crippen LogP contribution is -2.30. The van der Waals surface area contributed by atoms with Crippen LogP contribution in [0.2, 0.25) is 0 Å². The van der Waals surface area contributed by atoms with Crippen LogP contribution >= 0.6 is 19.2 Å². The molecule has 0 fully saturated rings. The first-order valence-electron chi connectivity index (χ1n) is 16.3. The standard InChI is InChI=1S/C36H54NO5PS/c1-8-9-10-11-12-13-14-15-16-17-22-40-33-25-32(36(5,6)7)34(26-31(33)35(2,3)4)42-43(38,39)41-30-20-18-19-29(24-30)27-37-21-23-44-28-37/h18-21,23-26,28H,8-17,22,27H2,1-7H3/p+1. The Labute approximate surface area is 270 Å². The van der Waals surface area contributed by atoms with Crippen LogP contribution in [0.3, 0.4) is 0 Å². The van der Waals surface area contributed by atoms with E-state index in [4.69, 9.17) is 13.8 Å². The van der Waals surface area contributed by atoms with Crippen molar-refractivity contribution in [2.24, 2.45) is 0 Å². The second kappa shape index (κ2) is 16.8. The second-order valence-electron chi connectivity index (χ2n) is 13.9. The fraction of sp³-hybridized carbons (Fsp3) is 0.583. The molecule has 6 nitrogen and oxygen atoms in total. The number of hydrogen-bond acceptors (Lipinski definition) is 5. The number of phosphoric ester groups is 1. The zero-order valence-corrected chi connectivity index (χ0v) is 29.8. The van der Waals surface area contributed by atoms with Gasteiger partial charge in [0.05, 0.1) is 12.0 Å². The predicted octanol–water partition coefficient (Wildman–Crippen LogP) is 10.5. The van der Waals surface area contributed by atoms with Gasteiger partial charge in [-0.25, -0.2) is 4.57 Å². The first kappa shape index (κ1) is 36.1. The van der Waals surface area contributed by atoms with Gasteiger partial charge < -0.3 is 13.8 Å². The van der Waals surface area contributed by atoms with Crippen LogP contribution in [0, 0.1) is 0 Å². The fourth-order valence-electron chi connectivity index (χ4n) is 5.24. The van der Waals surface area contributed by atoms with E-state index in [0.29, 0.717) is 18.9 Å². The molecule has 0 saturated heterocycles. The van der Waals surface area contributed by atoms with Crippen molar-refractivity contribution >= 4 is 19.2 Å². The monoisotopic (exact) mass is 644 g/mol. The number of unbranched alkanes of at least 4 members (excludes halogenated alkanes) is 9. The molecule has 1 atom stereocenters. The van der Waals surface area contributed by atoms with Gasteiger partial charge in [-0.15, -0.1) is 0 Å². The number of phosphoric acid groups is 1. The molecule has 1 aromatic heterocycles. The van der Waals surface area contributed by atoms with Gasteiger partial charge in [0, 0.05) is 16.7 Å². The van der Waals surface area contributed by atoms with Crippen molar-refractivity contribution < 1.29 is 27.8 Å². The van der Waals surface area contributed by atoms with Crippen LogP contribution < -0.4 is 18.4 Å². The highest BCUT2D eigenvalue weighted by molar-refractivity contribution is 7.48. The molecule has 3 aromatic rings. The van der Waals surface area contributed by atoms with Gasteiger partial charge in [-0.3, -0.25) is 4.89 Å². The number of rotatable bonds is 18. The summed E-state index contributed by atoms with van der Waals surface area (Å²) >= 11 is 1.61. The van der Waals surface area contributed by atoms with Crippen LogP contribution in [-0.2, 0) is 21.9 Å². The van der Waals surface area contributed by atoms with Crippen LogP contribution in [0.4, 0.5) is 0 Å². The van der Waals surface area contributed by atoms with Crippen molar-refractivity contribution in [1.29, 1.82) is 0 Å². The maximum absolute atomic E-state index is 13.4. The second-order valence-corrected chi connectivity index (χ2v) is 15.9. The third kappa shape index (κ3) is 12.2. The molecule has 1 heterocycles. The molecule has 2 aromatic carbocycles. The van der Waals surface area contributed by atoms with Crippen LogP contribution in [-0.4, -0.2) is 11.5 Å². The van der Waals surface area contributed by atoms with Crippen molar-refractivity contribution in [3.63, 3.8) is 0 Å². The number of ether oxygens (including phenoxy) is 1. The smallest absolute Gasteiger partial charge is 0.493 e. The van der Waals surface area contributed by atoms with Gasteiger partial charge >= 0.3 is 7.82 Å². The molecule has 1 N–H and O–H groups in total. The topological polar surface area (TPSA) is 68.9 Å². The van der Waals surface area contributed by atoms with E-state index in [0.717, 1.165) is 35.3 Å². The summed E-state index contributed by atoms with van der Waals surface area (Å²) in [7, 11) is -4.50. The quantitative estimate of drug-likeness (QED) is 0.0848. The summed E-state index contributed by atoms with van der Waals surface area (Å²) in [5.74, 6) is 1.43. The van der Waals surface area contributed by atoms with E-state index < -0.39 is 7.82 Å². The Kier molecular flexibility index (Phi) is 13.8. The third-order valence-electron chi connectivity index (χ3n) is 7.68. The van der Waals surface area contributed by atoms with Gasteiger partial charge in [-0.1, -0.05) is 130 Å². The van der Waals surface area contributed by atoms with Gasteiger partial charge in [0.25, 0.3) is 0 Å². The minimum Gasteiger partial charge on any atom is -0.493 e. The normalized spacial score (nSPS) is 13.5. The van der Waals surface area contributed by atoms with Crippen LogP contribution in [0.25, 0.3) is 0 Å². The molecule has 0 saturated carbocycles. The van der Waals surface area contributed by atoms with E-state index in [2.05, 4.69) is 48.5 Å². The highest BCUT2D eigenvalue weighted by Crippen LogP contribution is 2.49. The lowest BCUT2D eigenvalue weighted by atomic mass is 9.81. The Hall–Kier alpha value is -2.34. The van der Waals surface area contributed by atoms with E-state index in [1.54, 1.807) is 23.5 Å². The molecule has 244 valence electrons. The summed E-state index contributed by atoms with van der Waals surface area (Å²) < 4.78 is 33.2. The van der Waals surface area contributed by atoms with Gasteiger partial charge in [0.1, 0.15) is 17.2 Å². The minimum absolute atomic E-state index is 0.268. The maximum Gasteiger partial charge on any atom is 0.584 e. The number of thiazole rings is 1. The molecule has 44 heavy (non-hydrogen) atoms. The summed E-state index contributed by atoms with van der Waals surface area (Å²) in [6, 6.07) is 11.1. The summed E-state index contributed by atoms with van der Waals surface area (Å²) in [6.45, 7) is 16.1. The molecule has 3 rings (SSSR count). The summed E-state index contributed by atoms with van der Waals surface area (Å²) in [6.07, 6.45) is 14.7. The average Bonchev–Trinajstić information content (AvgIpc) is 3.43. The van der Waals surface area contributed by atoms with Crippen molar-refractivity contribution in [2.45, 2.75) is 130 Å². The van der Waals surface area contributed by atoms with Crippen LogP contribution in [0.15, 0.2) is 53.5 Å². The minimum atomic E-state index is -4.50. The number of hydrogen-bond donors (Lipinski definition) is 1. The van der Waals surface area contributed by atoms with Gasteiger partial charge in [-0.2, -0.15) is 4.57 Å². The van der Waals surface area contributed by atoms with Crippen molar-refractivity contribution in [3.05, 3.63) is 70.2 Å². The first-order valence-corrected chi connectivity index (χ1v) is 18.8. The fourth-order valence-corrected chi connectivity index (χ4v) is 6.65. The highest BCUT2D eigenvalue weighted by Gasteiger charge is 2.32. The van der Waals surface area contributed by atoms with Crippen molar-refractivity contribution in [1.82, 2.24) is 0 Å². The van der Waals surface area contributed by atoms with Crippen LogP contribution in [0.5, 0.6) is 17.2 Å². The van der Waals surface area contributed by atoms with Gasteiger partial charge in [0.2, 0.25) is 5.51 Å². The molecular weight excluding hydrogens is 589 g/mol. The summed E-state index contributed by atoms with van der Waals surface area (Å²) in [5, 5.41) is 2.00. The van der Waals surface area contributed by atoms with Gasteiger partial charge in [0.15, 0.2) is 12.7 Å². The molecule has 0 spiro atoms. The molecule has 0 aliphatic carbocycles. The van der Waals surface area contributed by atoms with Crippen LogP contribution in [0.1, 0.15) is 129 Å². The Morgan fingerprint density at radius 1 is 0.795 bits per heavy atom. The Morgan fingerprint density at radius 3 is 1.98 bits per heavy atom. The lowest BCUT2D eigenvalue weighted by molar-refractivity contribution is -0.683. The molecule has 0 amide bonds. The molecule has 0 radical (unpaired) electrons.